The quantitative estimate of drug-likeness (QED) is 0.410. The molecule has 1 amide bonds. The Bertz CT molecular complexity index is 1100. The van der Waals surface area contributed by atoms with Crippen LogP contribution in [-0.4, -0.2) is 56.5 Å². The molecule has 0 spiro atoms. The van der Waals surface area contributed by atoms with E-state index in [1.54, 1.807) is 0 Å². The molecule has 0 radical (unpaired) electrons. The minimum Gasteiger partial charge on any atom is -0.340 e. The van der Waals surface area contributed by atoms with E-state index in [2.05, 4.69) is 71.7 Å². The number of rotatable bonds is 9. The van der Waals surface area contributed by atoms with E-state index < -0.39 is 0 Å². The van der Waals surface area contributed by atoms with Gasteiger partial charge in [-0.2, -0.15) is 0 Å². The van der Waals surface area contributed by atoms with Crippen molar-refractivity contribution in [2.45, 2.75) is 44.6 Å². The molecular weight excluding hydrogens is 430 g/mol. The normalized spacial score (nSPS) is 19.1. The van der Waals surface area contributed by atoms with E-state index in [0.29, 0.717) is 17.9 Å². The van der Waals surface area contributed by atoms with Crippen LogP contribution in [0.1, 0.15) is 66.1 Å². The molecule has 4 rings (SSSR count). The van der Waals surface area contributed by atoms with Crippen LogP contribution in [0.25, 0.3) is 10.8 Å². The van der Waals surface area contributed by atoms with Crippen LogP contribution >= 0.6 is 0 Å². The summed E-state index contributed by atoms with van der Waals surface area (Å²) in [7, 11) is 5.95. The zero-order valence-corrected chi connectivity index (χ0v) is 21.8. The lowest BCUT2D eigenvalue weighted by Crippen LogP contribution is -2.33. The van der Waals surface area contributed by atoms with Crippen molar-refractivity contribution in [2.24, 2.45) is 5.92 Å². The van der Waals surface area contributed by atoms with Crippen LogP contribution in [0.3, 0.4) is 0 Å². The Balaban J connectivity index is 1.33. The van der Waals surface area contributed by atoms with E-state index in [4.69, 9.17) is 0 Å². The maximum absolute atomic E-state index is 12.7. The minimum absolute atomic E-state index is 0.103. The Hall–Kier alpha value is -2.69. The summed E-state index contributed by atoms with van der Waals surface area (Å²) in [6.45, 7) is 4.94. The number of carbonyl (C=O) groups excluding carboxylic acids is 1. The van der Waals surface area contributed by atoms with Gasteiger partial charge in [0.2, 0.25) is 0 Å². The van der Waals surface area contributed by atoms with Gasteiger partial charge in [-0.15, -0.1) is 0 Å². The topological polar surface area (TPSA) is 35.6 Å². The molecule has 1 N–H and O–H groups in total. The van der Waals surface area contributed by atoms with Gasteiger partial charge in [-0.3, -0.25) is 4.79 Å². The highest BCUT2D eigenvalue weighted by molar-refractivity contribution is 5.94. The molecule has 1 fully saturated rings. The molecule has 3 atom stereocenters. The fourth-order valence-corrected chi connectivity index (χ4v) is 5.43. The molecule has 0 saturated heterocycles. The van der Waals surface area contributed by atoms with E-state index in [1.165, 1.54) is 47.6 Å². The Labute approximate surface area is 211 Å². The van der Waals surface area contributed by atoms with Gasteiger partial charge in [0.05, 0.1) is 0 Å². The van der Waals surface area contributed by atoms with Crippen LogP contribution in [0.5, 0.6) is 0 Å². The van der Waals surface area contributed by atoms with Crippen molar-refractivity contribution < 1.29 is 4.79 Å². The summed E-state index contributed by atoms with van der Waals surface area (Å²) in [5.41, 5.74) is 3.54. The third kappa shape index (κ3) is 6.50. The fourth-order valence-electron chi connectivity index (χ4n) is 5.43. The second kappa shape index (κ2) is 11.8. The third-order valence-electron chi connectivity index (χ3n) is 7.64. The van der Waals surface area contributed by atoms with Crippen molar-refractivity contribution in [3.63, 3.8) is 0 Å². The number of amides is 1. The minimum atomic E-state index is 0.103. The predicted octanol–water partition coefficient (Wildman–Crippen LogP) is 6.10. The zero-order chi connectivity index (χ0) is 24.8. The van der Waals surface area contributed by atoms with Crippen LogP contribution < -0.4 is 5.32 Å². The van der Waals surface area contributed by atoms with E-state index in [1.807, 2.05) is 38.2 Å². The van der Waals surface area contributed by atoms with Crippen molar-refractivity contribution in [3.8, 4) is 0 Å². The van der Waals surface area contributed by atoms with E-state index >= 15 is 0 Å². The van der Waals surface area contributed by atoms with E-state index in [9.17, 15) is 4.79 Å². The summed E-state index contributed by atoms with van der Waals surface area (Å²) in [5, 5.41) is 6.49. The predicted molar refractivity (Wildman–Crippen MR) is 147 cm³/mol. The highest BCUT2D eigenvalue weighted by Gasteiger charge is 2.24. The van der Waals surface area contributed by atoms with Crippen molar-refractivity contribution in [3.05, 3.63) is 83.4 Å². The number of hydrogen-bond donors (Lipinski definition) is 1. The second-order valence-electron chi connectivity index (χ2n) is 10.6. The largest absolute Gasteiger partial charge is 0.340 e. The number of carbonyl (C=O) groups is 1. The summed E-state index contributed by atoms with van der Waals surface area (Å²) in [6, 6.07) is 24.0. The first-order valence-electron chi connectivity index (χ1n) is 13.1. The summed E-state index contributed by atoms with van der Waals surface area (Å²) in [4.78, 5) is 16.7. The number of likely N-dealkylation sites (N-methyl/N-ethyl adjacent to an activating group) is 2. The van der Waals surface area contributed by atoms with Crippen molar-refractivity contribution >= 4 is 16.7 Å². The molecule has 0 aliphatic heterocycles. The third-order valence-corrected chi connectivity index (χ3v) is 7.64. The number of nitrogens with one attached hydrogen (secondary N) is 1. The van der Waals surface area contributed by atoms with Gasteiger partial charge in [0.1, 0.15) is 0 Å². The second-order valence-corrected chi connectivity index (χ2v) is 10.6. The molecule has 0 bridgehead atoms. The molecule has 4 heteroatoms. The van der Waals surface area contributed by atoms with Crippen LogP contribution in [0.2, 0.25) is 0 Å². The Kier molecular flexibility index (Phi) is 8.59. The molecule has 35 heavy (non-hydrogen) atoms. The molecule has 1 aliphatic rings. The summed E-state index contributed by atoms with van der Waals surface area (Å²) in [5.74, 6) is 1.37. The van der Waals surface area contributed by atoms with E-state index in [-0.39, 0.29) is 5.91 Å². The van der Waals surface area contributed by atoms with Crippen molar-refractivity contribution in [2.75, 3.05) is 40.8 Å². The average molecular weight is 472 g/mol. The van der Waals surface area contributed by atoms with Crippen LogP contribution in [0, 0.1) is 5.92 Å². The zero-order valence-electron chi connectivity index (χ0n) is 21.8. The van der Waals surface area contributed by atoms with Crippen LogP contribution in [0.4, 0.5) is 0 Å². The number of benzene rings is 3. The molecule has 4 nitrogen and oxygen atoms in total. The highest BCUT2D eigenvalue weighted by Crippen LogP contribution is 2.36. The number of fused-ring (bicyclic) bond motifs is 1. The van der Waals surface area contributed by atoms with Gasteiger partial charge in [0.25, 0.3) is 5.91 Å². The molecule has 2 unspecified atom stereocenters. The molecule has 3 aromatic carbocycles. The van der Waals surface area contributed by atoms with E-state index in [0.717, 1.165) is 25.2 Å². The van der Waals surface area contributed by atoms with Gasteiger partial charge in [-0.1, -0.05) is 61.0 Å². The number of nitrogens with zero attached hydrogens (tertiary/aromatic N) is 2. The molecular formula is C31H41N3O. The SMILES string of the molecule is C[C@@H](NCC1CCCC(c2ccc(C(=O)N(C)CCN(C)C)cc2)C1)c1cccc2ccccc12. The van der Waals surface area contributed by atoms with Gasteiger partial charge in [0.15, 0.2) is 0 Å². The van der Waals surface area contributed by atoms with Gasteiger partial charge >= 0.3 is 0 Å². The molecule has 1 saturated carbocycles. The first-order valence-corrected chi connectivity index (χ1v) is 13.1. The molecule has 1 aliphatic carbocycles. The van der Waals surface area contributed by atoms with Gasteiger partial charge in [-0.25, -0.2) is 0 Å². The van der Waals surface area contributed by atoms with Crippen LogP contribution in [-0.2, 0) is 0 Å². The van der Waals surface area contributed by atoms with Gasteiger partial charge < -0.3 is 15.1 Å². The first-order chi connectivity index (χ1) is 16.9. The average Bonchev–Trinajstić information content (AvgIpc) is 2.89. The molecule has 0 aromatic heterocycles. The van der Waals surface area contributed by atoms with Gasteiger partial charge in [0, 0.05) is 31.7 Å². The summed E-state index contributed by atoms with van der Waals surface area (Å²) in [6.07, 6.45) is 5.02. The molecule has 0 heterocycles. The standard InChI is InChI=1S/C31H41N3O/c1-23(29-14-8-11-26-10-5-6-13-30(26)29)32-22-24-9-7-12-28(21-24)25-15-17-27(18-16-25)31(35)34(4)20-19-33(2)3/h5-6,8,10-11,13-18,23-24,28,32H,7,9,12,19-22H2,1-4H3/t23-,24?,28?/m1/s1. The fraction of sp³-hybridized carbons (Fsp3) is 0.452. The van der Waals surface area contributed by atoms with Gasteiger partial charge in [-0.05, 0) is 92.7 Å². The Morgan fingerprint density at radius 3 is 2.46 bits per heavy atom. The summed E-state index contributed by atoms with van der Waals surface area (Å²) >= 11 is 0. The lowest BCUT2D eigenvalue weighted by molar-refractivity contribution is 0.0786. The highest BCUT2D eigenvalue weighted by atomic mass is 16.2. The smallest absolute Gasteiger partial charge is 0.253 e. The Morgan fingerprint density at radius 2 is 1.69 bits per heavy atom. The van der Waals surface area contributed by atoms with Crippen molar-refractivity contribution in [1.82, 2.24) is 15.1 Å². The lowest BCUT2D eigenvalue weighted by atomic mass is 9.77. The first kappa shape index (κ1) is 25.4. The molecule has 186 valence electrons. The maximum atomic E-state index is 12.7. The number of hydrogen-bond acceptors (Lipinski definition) is 3. The monoisotopic (exact) mass is 471 g/mol. The summed E-state index contributed by atoms with van der Waals surface area (Å²) < 4.78 is 0. The molecule has 3 aromatic rings. The maximum Gasteiger partial charge on any atom is 0.253 e. The van der Waals surface area contributed by atoms with Crippen molar-refractivity contribution in [1.29, 1.82) is 0 Å². The Morgan fingerprint density at radius 1 is 0.943 bits per heavy atom. The lowest BCUT2D eigenvalue weighted by Gasteiger charge is -2.31. The van der Waals surface area contributed by atoms with Crippen LogP contribution in [0.15, 0.2) is 66.7 Å².